The van der Waals surface area contributed by atoms with Crippen molar-refractivity contribution in [2.75, 3.05) is 0 Å². The molecule has 0 aromatic carbocycles. The van der Waals surface area contributed by atoms with Crippen molar-refractivity contribution >= 4 is 0 Å². The molecule has 82 heavy (non-hydrogen) atoms. The first-order valence-electron chi connectivity index (χ1n) is 40.5. The van der Waals surface area contributed by atoms with Crippen molar-refractivity contribution in [1.82, 2.24) is 0 Å². The maximum atomic E-state index is 1.58. The molecule has 474 valence electrons. The van der Waals surface area contributed by atoms with Crippen molar-refractivity contribution in [1.29, 1.82) is 0 Å². The Morgan fingerprint density at radius 2 is 0.159 bits per heavy atom. The van der Waals surface area contributed by atoms with E-state index in [0.29, 0.717) is 0 Å². The van der Waals surface area contributed by atoms with E-state index in [4.69, 9.17) is 0 Å². The van der Waals surface area contributed by atoms with Gasteiger partial charge in [0.05, 0.1) is 0 Å². The van der Waals surface area contributed by atoms with Crippen LogP contribution < -0.4 is 0 Å². The third-order valence-electron chi connectivity index (χ3n) is 28.6. The predicted octanol–water partition coefficient (Wildman–Crippen LogP) is 27.2. The van der Waals surface area contributed by atoms with Crippen LogP contribution in [0.1, 0.15) is 411 Å². The van der Waals surface area contributed by atoms with Crippen LogP contribution in [0.15, 0.2) is 0 Å². The minimum Gasteiger partial charge on any atom is -0.0530 e. The Morgan fingerprint density at radius 1 is 0.0732 bits per heavy atom. The summed E-state index contributed by atoms with van der Waals surface area (Å²) in [5.41, 5.74) is 0. The molecule has 0 aliphatic heterocycles. The highest BCUT2D eigenvalue weighted by atomic mass is 14.4. The van der Waals surface area contributed by atoms with Crippen molar-refractivity contribution < 1.29 is 0 Å². The van der Waals surface area contributed by atoms with Gasteiger partial charge in [-0.3, -0.25) is 0 Å². The molecule has 18 bridgehead atoms. The molecule has 0 aromatic heterocycles. The summed E-state index contributed by atoms with van der Waals surface area (Å²) >= 11 is 0. The molecule has 20 aliphatic rings. The monoisotopic (exact) mass is 1130 g/mol. The maximum Gasteiger partial charge on any atom is -0.0411 e. The molecule has 0 heterocycles. The van der Waals surface area contributed by atoms with E-state index in [1.165, 1.54) is 108 Å². The summed E-state index contributed by atoms with van der Waals surface area (Å²) in [7, 11) is 0. The van der Waals surface area contributed by atoms with Gasteiger partial charge in [0.25, 0.3) is 0 Å². The summed E-state index contributed by atoms with van der Waals surface area (Å²) in [6.45, 7) is 0. The average molecular weight is 1130 g/mol. The Kier molecular flexibility index (Phi) is 29.5. The molecule has 8 unspecified atom stereocenters. The average Bonchev–Trinajstić information content (AvgIpc) is 4.18. The van der Waals surface area contributed by atoms with E-state index in [0.717, 1.165) is 94.7 Å². The fourth-order valence-electron chi connectivity index (χ4n) is 23.1. The molecular weight excluding hydrogens is 985 g/mol. The SMILES string of the molecule is C1CC2CCC(C1)C2.C1CC2CCC1C2.C1CC2CCC1CC2.C1CC2CCCC(C1)C2.C1CC2CCCC(C1)CC2.C1CCC2CCC(C1)C2.C1CCC2CCC(C1)CC2.C1CCC2CCCC(C1)C2.C1CCC2CCCC(C1)CC2. The van der Waals surface area contributed by atoms with Gasteiger partial charge in [-0.05, 0) is 139 Å². The zero-order valence-electron chi connectivity index (χ0n) is 55.6. The molecule has 20 fully saturated rings. The van der Waals surface area contributed by atoms with Gasteiger partial charge < -0.3 is 0 Å². The van der Waals surface area contributed by atoms with Crippen molar-refractivity contribution in [2.45, 2.75) is 411 Å². The zero-order chi connectivity index (χ0) is 55.6. The van der Waals surface area contributed by atoms with Gasteiger partial charge in [-0.1, -0.05) is 379 Å². The summed E-state index contributed by atoms with van der Waals surface area (Å²) in [6, 6.07) is 0. The predicted molar refractivity (Wildman–Crippen MR) is 358 cm³/mol. The lowest BCUT2D eigenvalue weighted by Crippen LogP contribution is -2.21. The van der Waals surface area contributed by atoms with Gasteiger partial charge in [-0.2, -0.15) is 0 Å². The smallest absolute Gasteiger partial charge is 0.0411 e. The van der Waals surface area contributed by atoms with Gasteiger partial charge in [0.1, 0.15) is 0 Å². The van der Waals surface area contributed by atoms with Crippen molar-refractivity contribution in [2.24, 2.45) is 107 Å². The van der Waals surface area contributed by atoms with Gasteiger partial charge in [-0.15, -0.1) is 0 Å². The van der Waals surface area contributed by atoms with E-state index in [1.54, 1.807) is 315 Å². The van der Waals surface area contributed by atoms with E-state index in [1.807, 2.05) is 0 Å². The normalized spacial score (nSPS) is 42.4. The largest absolute Gasteiger partial charge is 0.0530 e. The molecule has 20 rings (SSSR count). The van der Waals surface area contributed by atoms with Gasteiger partial charge >= 0.3 is 0 Å². The fraction of sp³-hybridized carbons (Fsp3) is 1.00. The molecule has 0 heteroatoms. The quantitative estimate of drug-likeness (QED) is 0.227. The second-order valence-corrected chi connectivity index (χ2v) is 34.8. The minimum atomic E-state index is 1.13. The highest BCUT2D eigenvalue weighted by Gasteiger charge is 2.33. The maximum absolute atomic E-state index is 1.58. The lowest BCUT2D eigenvalue weighted by molar-refractivity contribution is 0.176. The lowest BCUT2D eigenvalue weighted by atomic mass is 9.71. The van der Waals surface area contributed by atoms with Crippen LogP contribution in [0.4, 0.5) is 0 Å². The first kappa shape index (κ1) is 65.0. The molecule has 0 N–H and O–H groups in total. The zero-order valence-corrected chi connectivity index (χ0v) is 55.6. The van der Waals surface area contributed by atoms with Gasteiger partial charge in [0.2, 0.25) is 0 Å². The summed E-state index contributed by atoms with van der Waals surface area (Å²) in [5, 5.41) is 0. The van der Waals surface area contributed by atoms with Crippen LogP contribution in [-0.2, 0) is 0 Å². The Morgan fingerprint density at radius 3 is 0.329 bits per heavy atom. The topological polar surface area (TPSA) is 0 Å². The van der Waals surface area contributed by atoms with E-state index in [-0.39, 0.29) is 0 Å². The molecule has 0 spiro atoms. The summed E-state index contributed by atoms with van der Waals surface area (Å²) in [4.78, 5) is 0. The van der Waals surface area contributed by atoms with Crippen LogP contribution in [0, 0.1) is 107 Å². The highest BCUT2D eigenvalue weighted by Crippen LogP contribution is 2.46. The molecule has 20 saturated carbocycles. The molecule has 0 nitrogen and oxygen atoms in total. The van der Waals surface area contributed by atoms with Crippen LogP contribution in [0.25, 0.3) is 0 Å². The summed E-state index contributed by atoms with van der Waals surface area (Å²) in [5.74, 6) is 20.6. The Labute approximate surface area is 514 Å². The van der Waals surface area contributed by atoms with Crippen LogP contribution in [-0.4, -0.2) is 0 Å². The van der Waals surface area contributed by atoms with Crippen molar-refractivity contribution in [3.63, 3.8) is 0 Å². The van der Waals surface area contributed by atoms with E-state index >= 15 is 0 Å². The fourth-order valence-corrected chi connectivity index (χ4v) is 23.1. The van der Waals surface area contributed by atoms with Crippen LogP contribution >= 0.6 is 0 Å². The van der Waals surface area contributed by atoms with Crippen LogP contribution in [0.5, 0.6) is 0 Å². The summed E-state index contributed by atoms with van der Waals surface area (Å²) < 4.78 is 0. The highest BCUT2D eigenvalue weighted by molar-refractivity contribution is 4.85. The van der Waals surface area contributed by atoms with Gasteiger partial charge in [0, 0.05) is 0 Å². The number of rotatable bonds is 0. The number of hydrogen-bond acceptors (Lipinski definition) is 0. The Bertz CT molecular complexity index is 1430. The third kappa shape index (κ3) is 23.7. The second kappa shape index (κ2) is 37.2. The Balaban J connectivity index is 0.000000104. The van der Waals surface area contributed by atoms with Crippen LogP contribution in [0.3, 0.4) is 0 Å². The first-order chi connectivity index (χ1) is 40.5. The number of fused-ring (bicyclic) bond motifs is 24. The van der Waals surface area contributed by atoms with Crippen molar-refractivity contribution in [3.05, 3.63) is 0 Å². The van der Waals surface area contributed by atoms with E-state index in [9.17, 15) is 0 Å². The molecule has 8 atom stereocenters. The molecule has 0 amide bonds. The second-order valence-electron chi connectivity index (χ2n) is 34.8. The van der Waals surface area contributed by atoms with Crippen LogP contribution in [0.2, 0.25) is 0 Å². The van der Waals surface area contributed by atoms with Crippen molar-refractivity contribution in [3.8, 4) is 0 Å². The third-order valence-corrected chi connectivity index (χ3v) is 28.6. The van der Waals surface area contributed by atoms with E-state index < -0.39 is 0 Å². The summed E-state index contributed by atoms with van der Waals surface area (Å²) in [6.07, 6.45) is 99.4. The molecule has 0 saturated heterocycles. The Hall–Kier alpha value is 0. The first-order valence-corrected chi connectivity index (χ1v) is 40.5. The molecule has 0 radical (unpaired) electrons. The molecule has 0 aromatic rings. The minimum absolute atomic E-state index is 1.13. The molecular formula is C82H146. The van der Waals surface area contributed by atoms with Gasteiger partial charge in [-0.25, -0.2) is 0 Å². The van der Waals surface area contributed by atoms with E-state index in [2.05, 4.69) is 0 Å². The lowest BCUT2D eigenvalue weighted by Gasteiger charge is -2.35. The number of hydrogen-bond donors (Lipinski definition) is 0. The van der Waals surface area contributed by atoms with Gasteiger partial charge in [0.15, 0.2) is 0 Å². The standard InChI is InChI=1S/C11H20.3C10H18.2C9H16.2C8H14.C7H12/c1-2-5-11-7-3-6-10(4-1)8-9-11;1-3-9-5-2-6-10(4-1)8-7-9;1-2-5-10-7-3-6-9(4-1)8-10;1-2-4-10-7-5-9(3-1)6-8-10;1-3-8-5-2-6-9(4-1)7-8;1-2-4-9-6-5-8(3-1)7-9;1-2-8-5-3-7(1)4-6-8;1-2-7-4-5-8(3-1)6-7;1-2-7-4-3-6(1)5-7/h10-11H,1-9H2;3*9-10H,1-8H2;2*8-9H,1-7H2;2*7-8H,1-6H2;6-7H,1-5H2. The molecule has 20 aliphatic carbocycles.